The Kier molecular flexibility index (Phi) is 6.21. The van der Waals surface area contributed by atoms with Crippen molar-refractivity contribution in [1.82, 2.24) is 10.2 Å². The number of carbonyl (C=O) groups excluding carboxylic acids is 1. The van der Waals surface area contributed by atoms with E-state index in [4.69, 9.17) is 0 Å². The first-order valence-corrected chi connectivity index (χ1v) is 8.63. The molecule has 1 aromatic heterocycles. The number of thioether (sulfide) groups is 1. The average Bonchev–Trinajstić information content (AvgIpc) is 2.93. The molecule has 0 saturated heterocycles. The Morgan fingerprint density at radius 1 is 1.38 bits per heavy atom. The minimum Gasteiger partial charge on any atom is -0.357 e. The zero-order chi connectivity index (χ0) is 15.1. The van der Waals surface area contributed by atoms with Gasteiger partial charge >= 0.3 is 0 Å². The Morgan fingerprint density at radius 2 is 2.14 bits per heavy atom. The number of amides is 1. The molecule has 0 aliphatic carbocycles. The molecule has 2 N–H and O–H groups in total. The van der Waals surface area contributed by atoms with Crippen LogP contribution in [0.4, 0.5) is 10.8 Å². The molecular formula is C13H13BrN4OS2. The predicted octanol–water partition coefficient (Wildman–Crippen LogP) is 3.63. The minimum atomic E-state index is -0.0712. The van der Waals surface area contributed by atoms with E-state index in [1.807, 2.05) is 24.3 Å². The molecule has 0 radical (unpaired) electrons. The SMILES string of the molecule is C=CCNc1nnc(SCC(=O)Nc2ccc(Br)cc2)s1. The fraction of sp³-hybridized carbons (Fsp3) is 0.154. The Labute approximate surface area is 139 Å². The molecule has 21 heavy (non-hydrogen) atoms. The van der Waals surface area contributed by atoms with Crippen molar-refractivity contribution in [2.45, 2.75) is 4.34 Å². The molecule has 8 heteroatoms. The summed E-state index contributed by atoms with van der Waals surface area (Å²) in [7, 11) is 0. The third-order valence-corrected chi connectivity index (χ3v) is 4.80. The number of hydrogen-bond acceptors (Lipinski definition) is 6. The van der Waals surface area contributed by atoms with Gasteiger partial charge in [-0.2, -0.15) is 0 Å². The first-order chi connectivity index (χ1) is 10.2. The van der Waals surface area contributed by atoms with E-state index in [-0.39, 0.29) is 5.91 Å². The van der Waals surface area contributed by atoms with Gasteiger partial charge in [0.25, 0.3) is 0 Å². The zero-order valence-corrected chi connectivity index (χ0v) is 14.2. The monoisotopic (exact) mass is 384 g/mol. The highest BCUT2D eigenvalue weighted by Crippen LogP contribution is 2.25. The normalized spacial score (nSPS) is 10.1. The maximum absolute atomic E-state index is 11.8. The molecule has 2 rings (SSSR count). The number of nitrogens with zero attached hydrogens (tertiary/aromatic N) is 2. The first-order valence-electron chi connectivity index (χ1n) is 6.04. The van der Waals surface area contributed by atoms with Crippen molar-refractivity contribution in [2.75, 3.05) is 22.9 Å². The predicted molar refractivity (Wildman–Crippen MR) is 92.1 cm³/mol. The summed E-state index contributed by atoms with van der Waals surface area (Å²) in [4.78, 5) is 11.8. The van der Waals surface area contributed by atoms with Crippen LogP contribution in [0.1, 0.15) is 0 Å². The highest BCUT2D eigenvalue weighted by Gasteiger charge is 2.08. The average molecular weight is 385 g/mol. The Bertz CT molecular complexity index is 615. The standard InChI is InChI=1S/C13H13BrN4OS2/c1-2-7-15-12-17-18-13(21-12)20-8-11(19)16-10-5-3-9(14)4-6-10/h2-6H,1,7-8H2,(H,15,17)(H,16,19). The number of benzene rings is 1. The van der Waals surface area contributed by atoms with Crippen molar-refractivity contribution >= 4 is 55.8 Å². The number of halogens is 1. The maximum atomic E-state index is 11.8. The van der Waals surface area contributed by atoms with Gasteiger partial charge in [0.2, 0.25) is 11.0 Å². The maximum Gasteiger partial charge on any atom is 0.234 e. The van der Waals surface area contributed by atoms with Crippen molar-refractivity contribution in [1.29, 1.82) is 0 Å². The quantitative estimate of drug-likeness (QED) is 0.563. The topological polar surface area (TPSA) is 66.9 Å². The number of carbonyl (C=O) groups is 1. The fourth-order valence-corrected chi connectivity index (χ4v) is 3.18. The van der Waals surface area contributed by atoms with Crippen LogP contribution in [0.15, 0.2) is 45.7 Å². The number of nitrogens with one attached hydrogen (secondary N) is 2. The lowest BCUT2D eigenvalue weighted by atomic mass is 10.3. The summed E-state index contributed by atoms with van der Waals surface area (Å²) in [5.74, 6) is 0.227. The van der Waals surface area contributed by atoms with Crippen LogP contribution in [0, 0.1) is 0 Å². The van der Waals surface area contributed by atoms with Gasteiger partial charge < -0.3 is 10.6 Å². The van der Waals surface area contributed by atoms with Crippen LogP contribution >= 0.6 is 39.0 Å². The smallest absolute Gasteiger partial charge is 0.234 e. The van der Waals surface area contributed by atoms with Gasteiger partial charge in [-0.05, 0) is 24.3 Å². The van der Waals surface area contributed by atoms with Gasteiger partial charge in [-0.15, -0.1) is 16.8 Å². The summed E-state index contributed by atoms with van der Waals surface area (Å²) in [6, 6.07) is 7.44. The Morgan fingerprint density at radius 3 is 2.86 bits per heavy atom. The van der Waals surface area contributed by atoms with Crippen LogP contribution in [0.2, 0.25) is 0 Å². The summed E-state index contributed by atoms with van der Waals surface area (Å²) < 4.78 is 1.73. The van der Waals surface area contributed by atoms with Gasteiger partial charge in [0.05, 0.1) is 5.75 Å². The molecule has 5 nitrogen and oxygen atoms in total. The molecular weight excluding hydrogens is 372 g/mol. The minimum absolute atomic E-state index is 0.0712. The van der Waals surface area contributed by atoms with Crippen molar-refractivity contribution in [2.24, 2.45) is 0 Å². The van der Waals surface area contributed by atoms with Gasteiger partial charge in [-0.3, -0.25) is 4.79 Å². The van der Waals surface area contributed by atoms with Gasteiger partial charge in [-0.25, -0.2) is 0 Å². The third kappa shape index (κ3) is 5.49. The molecule has 0 aliphatic heterocycles. The molecule has 0 bridgehead atoms. The van der Waals surface area contributed by atoms with Gasteiger partial charge in [-0.1, -0.05) is 45.1 Å². The van der Waals surface area contributed by atoms with E-state index in [9.17, 15) is 4.79 Å². The zero-order valence-electron chi connectivity index (χ0n) is 11.0. The van der Waals surface area contributed by atoms with E-state index in [2.05, 4.69) is 43.3 Å². The number of rotatable bonds is 7. The summed E-state index contributed by atoms with van der Waals surface area (Å²) in [5.41, 5.74) is 0.773. The molecule has 2 aromatic rings. The van der Waals surface area contributed by atoms with E-state index in [0.717, 1.165) is 19.6 Å². The molecule has 0 saturated carbocycles. The molecule has 1 heterocycles. The molecule has 0 aliphatic rings. The molecule has 0 atom stereocenters. The highest BCUT2D eigenvalue weighted by atomic mass is 79.9. The van der Waals surface area contributed by atoms with Crippen molar-refractivity contribution in [3.05, 3.63) is 41.4 Å². The van der Waals surface area contributed by atoms with Crippen LogP contribution < -0.4 is 10.6 Å². The molecule has 110 valence electrons. The van der Waals surface area contributed by atoms with E-state index in [1.165, 1.54) is 23.1 Å². The van der Waals surface area contributed by atoms with Gasteiger partial charge in [0, 0.05) is 16.7 Å². The fourth-order valence-electron chi connectivity index (χ4n) is 1.36. The highest BCUT2D eigenvalue weighted by molar-refractivity contribution is 9.10. The van der Waals surface area contributed by atoms with Crippen LogP contribution in [0.25, 0.3) is 0 Å². The number of anilines is 2. The number of hydrogen-bond donors (Lipinski definition) is 2. The van der Waals surface area contributed by atoms with Gasteiger partial charge in [0.15, 0.2) is 4.34 Å². The molecule has 0 fully saturated rings. The molecule has 1 aromatic carbocycles. The van der Waals surface area contributed by atoms with Crippen molar-refractivity contribution in [3.8, 4) is 0 Å². The lowest BCUT2D eigenvalue weighted by molar-refractivity contribution is -0.113. The lowest BCUT2D eigenvalue weighted by Crippen LogP contribution is -2.13. The summed E-state index contributed by atoms with van der Waals surface area (Å²) >= 11 is 6.13. The molecule has 0 spiro atoms. The van der Waals surface area contributed by atoms with Crippen LogP contribution in [-0.2, 0) is 4.79 Å². The number of aromatic nitrogens is 2. The van der Waals surface area contributed by atoms with E-state index in [1.54, 1.807) is 6.08 Å². The van der Waals surface area contributed by atoms with Crippen LogP contribution in [0.5, 0.6) is 0 Å². The second-order valence-electron chi connectivity index (χ2n) is 3.89. The summed E-state index contributed by atoms with van der Waals surface area (Å²) in [5, 5.41) is 14.6. The summed E-state index contributed by atoms with van der Waals surface area (Å²) in [6.07, 6.45) is 1.75. The van der Waals surface area contributed by atoms with Crippen molar-refractivity contribution in [3.63, 3.8) is 0 Å². The third-order valence-electron chi connectivity index (χ3n) is 2.26. The van der Waals surface area contributed by atoms with Crippen molar-refractivity contribution < 1.29 is 4.79 Å². The molecule has 0 unspecified atom stereocenters. The molecule has 1 amide bonds. The Balaban J connectivity index is 1.79. The second-order valence-corrected chi connectivity index (χ2v) is 7.00. The van der Waals surface area contributed by atoms with Crippen LogP contribution in [-0.4, -0.2) is 28.4 Å². The first kappa shape index (κ1) is 16.0. The van der Waals surface area contributed by atoms with Gasteiger partial charge in [0.1, 0.15) is 0 Å². The largest absolute Gasteiger partial charge is 0.357 e. The van der Waals surface area contributed by atoms with E-state index in [0.29, 0.717) is 12.3 Å². The lowest BCUT2D eigenvalue weighted by Gasteiger charge is -2.03. The van der Waals surface area contributed by atoms with E-state index < -0.39 is 0 Å². The van der Waals surface area contributed by atoms with Crippen LogP contribution in [0.3, 0.4) is 0 Å². The van der Waals surface area contributed by atoms with E-state index >= 15 is 0 Å². The Hall–Kier alpha value is -1.38. The second kappa shape index (κ2) is 8.16. The summed E-state index contributed by atoms with van der Waals surface area (Å²) in [6.45, 7) is 4.26.